The van der Waals surface area contributed by atoms with Crippen molar-refractivity contribution in [2.75, 3.05) is 5.32 Å². The third kappa shape index (κ3) is 3.51. The summed E-state index contributed by atoms with van der Waals surface area (Å²) >= 11 is 11.8. The van der Waals surface area contributed by atoms with Crippen molar-refractivity contribution in [1.29, 1.82) is 0 Å². The Morgan fingerprint density at radius 2 is 1.96 bits per heavy atom. The Morgan fingerprint density at radius 3 is 2.72 bits per heavy atom. The molecule has 2 unspecified atom stereocenters. The van der Waals surface area contributed by atoms with Gasteiger partial charge in [-0.25, -0.2) is 4.98 Å². The molecular formula is C19H19Cl2N3O. The SMILES string of the molecule is Cc1cc([C@@H]2CC3CC3C[C@@H]2C(=O)Nc2cnc(Cl)c(Cl)c2)ccn1. The van der Waals surface area contributed by atoms with E-state index in [2.05, 4.69) is 21.4 Å². The lowest BCUT2D eigenvalue weighted by molar-refractivity contribution is -0.121. The molecule has 4 rings (SSSR count). The molecule has 0 radical (unpaired) electrons. The number of nitrogens with one attached hydrogen (secondary N) is 1. The standard InChI is InChI=1S/C19H19Cl2N3O/c1-10-4-11(2-3-22-10)15-6-12-5-13(12)7-16(15)19(25)24-14-8-17(20)18(21)23-9-14/h2-4,8-9,12-13,15-16H,5-7H2,1H3,(H,24,25)/t12?,13?,15-,16-/m0/s1. The lowest BCUT2D eigenvalue weighted by Gasteiger charge is -2.30. The Morgan fingerprint density at radius 1 is 1.16 bits per heavy atom. The third-order valence-electron chi connectivity index (χ3n) is 5.42. The first-order valence-electron chi connectivity index (χ1n) is 8.55. The smallest absolute Gasteiger partial charge is 0.228 e. The number of hydrogen-bond acceptors (Lipinski definition) is 3. The molecule has 2 aromatic heterocycles. The van der Waals surface area contributed by atoms with E-state index in [-0.39, 0.29) is 22.9 Å². The van der Waals surface area contributed by atoms with Crippen LogP contribution >= 0.6 is 23.2 Å². The van der Waals surface area contributed by atoms with Gasteiger partial charge >= 0.3 is 0 Å². The fourth-order valence-electron chi connectivity index (χ4n) is 4.05. The van der Waals surface area contributed by atoms with Crippen molar-refractivity contribution >= 4 is 34.8 Å². The average Bonchev–Trinajstić information content (AvgIpc) is 3.35. The first kappa shape index (κ1) is 16.8. The molecule has 6 heteroatoms. The van der Waals surface area contributed by atoms with Crippen LogP contribution in [-0.2, 0) is 4.79 Å². The Kier molecular flexibility index (Phi) is 4.42. The fourth-order valence-corrected chi connectivity index (χ4v) is 4.32. The maximum absolute atomic E-state index is 13.0. The van der Waals surface area contributed by atoms with Crippen LogP contribution in [0.1, 0.15) is 36.4 Å². The summed E-state index contributed by atoms with van der Waals surface area (Å²) in [5.41, 5.74) is 2.79. The highest BCUT2D eigenvalue weighted by molar-refractivity contribution is 6.41. The van der Waals surface area contributed by atoms with E-state index in [9.17, 15) is 4.79 Å². The van der Waals surface area contributed by atoms with Crippen LogP contribution in [0.5, 0.6) is 0 Å². The van der Waals surface area contributed by atoms with Crippen LogP contribution in [0.15, 0.2) is 30.6 Å². The van der Waals surface area contributed by atoms with Gasteiger partial charge in [0, 0.05) is 17.8 Å². The number of fused-ring (bicyclic) bond motifs is 1. The van der Waals surface area contributed by atoms with Crippen LogP contribution in [0.25, 0.3) is 0 Å². The molecule has 130 valence electrons. The zero-order valence-corrected chi connectivity index (χ0v) is 15.4. The van der Waals surface area contributed by atoms with Crippen molar-refractivity contribution in [2.24, 2.45) is 17.8 Å². The Hall–Kier alpha value is -1.65. The van der Waals surface area contributed by atoms with E-state index < -0.39 is 0 Å². The normalized spacial score (nSPS) is 27.5. The molecule has 2 heterocycles. The number of amides is 1. The first-order chi connectivity index (χ1) is 12.0. The van der Waals surface area contributed by atoms with Gasteiger partial charge in [-0.05, 0) is 67.7 Å². The number of carbonyl (C=O) groups excluding carboxylic acids is 1. The largest absolute Gasteiger partial charge is 0.324 e. The second-order valence-corrected chi connectivity index (χ2v) is 7.92. The molecule has 0 spiro atoms. The highest BCUT2D eigenvalue weighted by Gasteiger charge is 2.49. The first-order valence-corrected chi connectivity index (χ1v) is 9.31. The molecule has 1 N–H and O–H groups in total. The summed E-state index contributed by atoms with van der Waals surface area (Å²) in [5.74, 6) is 1.70. The predicted molar refractivity (Wildman–Crippen MR) is 98.9 cm³/mol. The zero-order valence-electron chi connectivity index (χ0n) is 13.9. The molecule has 2 aliphatic rings. The number of hydrogen-bond donors (Lipinski definition) is 1. The van der Waals surface area contributed by atoms with Gasteiger partial charge in [-0.3, -0.25) is 9.78 Å². The fraction of sp³-hybridized carbons (Fsp3) is 0.421. The van der Waals surface area contributed by atoms with E-state index in [1.54, 1.807) is 12.3 Å². The predicted octanol–water partition coefficient (Wildman–Crippen LogP) is 4.86. The third-order valence-corrected chi connectivity index (χ3v) is 6.10. The number of pyridine rings is 2. The van der Waals surface area contributed by atoms with Gasteiger partial charge in [0.25, 0.3) is 0 Å². The highest BCUT2D eigenvalue weighted by Crippen LogP contribution is 2.56. The van der Waals surface area contributed by atoms with E-state index in [4.69, 9.17) is 23.2 Å². The quantitative estimate of drug-likeness (QED) is 0.779. The van der Waals surface area contributed by atoms with E-state index in [1.165, 1.54) is 12.0 Å². The van der Waals surface area contributed by atoms with Crippen molar-refractivity contribution in [2.45, 2.75) is 32.1 Å². The van der Waals surface area contributed by atoms with Crippen molar-refractivity contribution < 1.29 is 4.79 Å². The van der Waals surface area contributed by atoms with E-state index in [0.29, 0.717) is 16.6 Å². The van der Waals surface area contributed by atoms with Gasteiger partial charge in [0.05, 0.1) is 16.9 Å². The number of carbonyl (C=O) groups is 1. The van der Waals surface area contributed by atoms with Gasteiger partial charge in [-0.2, -0.15) is 0 Å². The number of anilines is 1. The average molecular weight is 376 g/mol. The minimum atomic E-state index is -0.0417. The van der Waals surface area contributed by atoms with Crippen LogP contribution in [0, 0.1) is 24.7 Å². The van der Waals surface area contributed by atoms with Crippen LogP contribution in [0.2, 0.25) is 10.2 Å². The summed E-state index contributed by atoms with van der Waals surface area (Å²) in [4.78, 5) is 21.2. The van der Waals surface area contributed by atoms with Gasteiger partial charge in [0.1, 0.15) is 5.15 Å². The summed E-state index contributed by atoms with van der Waals surface area (Å²) in [7, 11) is 0. The van der Waals surface area contributed by atoms with Gasteiger partial charge < -0.3 is 5.32 Å². The Bertz CT molecular complexity index is 826. The minimum absolute atomic E-state index is 0.0324. The van der Waals surface area contributed by atoms with Crippen molar-refractivity contribution in [3.05, 3.63) is 52.0 Å². The number of rotatable bonds is 3. The van der Waals surface area contributed by atoms with Crippen LogP contribution in [0.4, 0.5) is 5.69 Å². The minimum Gasteiger partial charge on any atom is -0.324 e. The molecular weight excluding hydrogens is 357 g/mol. The van der Waals surface area contributed by atoms with E-state index in [0.717, 1.165) is 24.5 Å². The van der Waals surface area contributed by atoms with Crippen LogP contribution in [0.3, 0.4) is 0 Å². The molecule has 1 amide bonds. The molecule has 2 fully saturated rings. The molecule has 0 bridgehead atoms. The topological polar surface area (TPSA) is 54.9 Å². The van der Waals surface area contributed by atoms with Gasteiger partial charge in [-0.1, -0.05) is 23.2 Å². The van der Waals surface area contributed by atoms with Gasteiger partial charge in [0.2, 0.25) is 5.91 Å². The van der Waals surface area contributed by atoms with Crippen LogP contribution in [-0.4, -0.2) is 15.9 Å². The summed E-state index contributed by atoms with van der Waals surface area (Å²) in [6, 6.07) is 5.79. The number of aromatic nitrogens is 2. The summed E-state index contributed by atoms with van der Waals surface area (Å²) in [5, 5.41) is 3.55. The Balaban J connectivity index is 1.57. The second kappa shape index (κ2) is 6.58. The van der Waals surface area contributed by atoms with Crippen LogP contribution < -0.4 is 5.32 Å². The lowest BCUT2D eigenvalue weighted by atomic mass is 9.75. The van der Waals surface area contributed by atoms with Gasteiger partial charge in [-0.15, -0.1) is 0 Å². The van der Waals surface area contributed by atoms with E-state index in [1.807, 2.05) is 19.2 Å². The Labute approximate surface area is 157 Å². The number of halogens is 2. The monoisotopic (exact) mass is 375 g/mol. The number of aryl methyl sites for hydroxylation is 1. The molecule has 25 heavy (non-hydrogen) atoms. The van der Waals surface area contributed by atoms with Crippen molar-refractivity contribution in [3.63, 3.8) is 0 Å². The maximum atomic E-state index is 13.0. The molecule has 0 aromatic carbocycles. The second-order valence-electron chi connectivity index (χ2n) is 7.16. The van der Waals surface area contributed by atoms with Crippen molar-refractivity contribution in [3.8, 4) is 0 Å². The molecule has 0 aliphatic heterocycles. The van der Waals surface area contributed by atoms with E-state index >= 15 is 0 Å². The molecule has 2 saturated carbocycles. The molecule has 4 atom stereocenters. The summed E-state index contributed by atoms with van der Waals surface area (Å²) < 4.78 is 0. The van der Waals surface area contributed by atoms with Crippen molar-refractivity contribution in [1.82, 2.24) is 9.97 Å². The van der Waals surface area contributed by atoms with Gasteiger partial charge in [0.15, 0.2) is 0 Å². The summed E-state index contributed by atoms with van der Waals surface area (Å²) in [6.45, 7) is 1.99. The molecule has 0 saturated heterocycles. The maximum Gasteiger partial charge on any atom is 0.228 e. The lowest BCUT2D eigenvalue weighted by Crippen LogP contribution is -2.31. The highest BCUT2D eigenvalue weighted by atomic mass is 35.5. The summed E-state index contributed by atoms with van der Waals surface area (Å²) in [6.07, 6.45) is 6.64. The molecule has 2 aliphatic carbocycles. The molecule has 4 nitrogen and oxygen atoms in total. The molecule has 2 aromatic rings. The zero-order chi connectivity index (χ0) is 17.6. The number of nitrogens with zero attached hydrogens (tertiary/aromatic N) is 2.